The number of rotatable bonds is 9. The van der Waals surface area contributed by atoms with E-state index in [2.05, 4.69) is 236 Å². The highest BCUT2D eigenvalue weighted by atomic mass is 28.3. The number of hydrogen-bond acceptors (Lipinski definition) is 1. The van der Waals surface area contributed by atoms with Crippen molar-refractivity contribution >= 4 is 61.7 Å². The van der Waals surface area contributed by atoms with Gasteiger partial charge in [0.1, 0.15) is 11.5 Å². The van der Waals surface area contributed by atoms with Crippen LogP contribution in [0.3, 0.4) is 0 Å². The van der Waals surface area contributed by atoms with Crippen LogP contribution in [-0.4, -0.2) is 22.2 Å². The largest absolute Gasteiger partial charge is 0.294 e. The molecule has 0 aliphatic carbocycles. The normalized spacial score (nSPS) is 12.0. The SMILES string of the molecule is CC(C)c1ccccc1-c1ccnc(-n2c3ccccc3c3ccc([Si](c4ccccc4)(c4ccccc4)c4cccc(-n5c[n+](C(C)C)c6ccccc65)c4)cc32)c1. The van der Waals surface area contributed by atoms with Crippen LogP contribution in [0.5, 0.6) is 0 Å². The van der Waals surface area contributed by atoms with E-state index in [0.717, 1.165) is 22.5 Å². The second-order valence-corrected chi connectivity index (χ2v) is 20.0. The van der Waals surface area contributed by atoms with Gasteiger partial charge in [0.25, 0.3) is 0 Å². The minimum absolute atomic E-state index is 0.324. The number of pyridine rings is 1. The molecule has 0 fully saturated rings. The zero-order valence-corrected chi connectivity index (χ0v) is 35.0. The van der Waals surface area contributed by atoms with Gasteiger partial charge in [0, 0.05) is 17.0 Å². The molecule has 0 saturated carbocycles. The Morgan fingerprint density at radius 1 is 0.508 bits per heavy atom. The van der Waals surface area contributed by atoms with Crippen LogP contribution in [0.15, 0.2) is 201 Å². The maximum absolute atomic E-state index is 5.10. The molecule has 0 aliphatic rings. The van der Waals surface area contributed by atoms with Gasteiger partial charge in [-0.1, -0.05) is 153 Å². The fourth-order valence-corrected chi connectivity index (χ4v) is 14.2. The van der Waals surface area contributed by atoms with Crippen molar-refractivity contribution in [2.24, 2.45) is 0 Å². The molecule has 3 heterocycles. The third-order valence-electron chi connectivity index (χ3n) is 12.2. The molecule has 0 radical (unpaired) electrons. The van der Waals surface area contributed by atoms with Crippen molar-refractivity contribution in [1.29, 1.82) is 0 Å². The first kappa shape index (κ1) is 36.5. The molecule has 0 aliphatic heterocycles. The van der Waals surface area contributed by atoms with Crippen LogP contribution in [0.4, 0.5) is 0 Å². The summed E-state index contributed by atoms with van der Waals surface area (Å²) >= 11 is 0. The topological polar surface area (TPSA) is 26.6 Å². The Hall–Kier alpha value is -6.82. The summed E-state index contributed by atoms with van der Waals surface area (Å²) in [6.45, 7) is 9.04. The molecule has 0 amide bonds. The van der Waals surface area contributed by atoms with Crippen LogP contribution < -0.4 is 25.3 Å². The van der Waals surface area contributed by atoms with E-state index in [4.69, 9.17) is 4.98 Å². The monoisotopic (exact) mass is 779 g/mol. The van der Waals surface area contributed by atoms with E-state index < -0.39 is 8.07 Å². The van der Waals surface area contributed by atoms with Crippen molar-refractivity contribution < 1.29 is 4.57 Å². The van der Waals surface area contributed by atoms with Crippen molar-refractivity contribution in [2.45, 2.75) is 39.7 Å². The van der Waals surface area contributed by atoms with Gasteiger partial charge in [0.2, 0.25) is 6.33 Å². The summed E-state index contributed by atoms with van der Waals surface area (Å²) in [4.78, 5) is 5.10. The predicted molar refractivity (Wildman–Crippen MR) is 249 cm³/mol. The van der Waals surface area contributed by atoms with E-state index in [1.165, 1.54) is 59.2 Å². The van der Waals surface area contributed by atoms with E-state index in [9.17, 15) is 0 Å². The molecule has 5 heteroatoms. The van der Waals surface area contributed by atoms with Crippen molar-refractivity contribution in [1.82, 2.24) is 14.1 Å². The molecule has 0 saturated heterocycles. The second-order valence-electron chi connectivity index (χ2n) is 16.2. The first-order chi connectivity index (χ1) is 28.9. The highest BCUT2D eigenvalue weighted by Gasteiger charge is 2.42. The maximum atomic E-state index is 5.10. The lowest BCUT2D eigenvalue weighted by Gasteiger charge is -2.34. The van der Waals surface area contributed by atoms with Gasteiger partial charge < -0.3 is 0 Å². The molecule has 3 aromatic heterocycles. The molecule has 0 unspecified atom stereocenters. The third kappa shape index (κ3) is 6.04. The van der Waals surface area contributed by atoms with Gasteiger partial charge in [-0.2, -0.15) is 4.57 Å². The minimum atomic E-state index is -2.97. The number of nitrogens with zero attached hydrogens (tertiary/aromatic N) is 4. The zero-order valence-electron chi connectivity index (χ0n) is 34.0. The molecular weight excluding hydrogens is 733 g/mol. The van der Waals surface area contributed by atoms with Gasteiger partial charge >= 0.3 is 0 Å². The van der Waals surface area contributed by atoms with Crippen molar-refractivity contribution in [3.63, 3.8) is 0 Å². The molecule has 7 aromatic carbocycles. The molecule has 59 heavy (non-hydrogen) atoms. The second kappa shape index (κ2) is 14.8. The van der Waals surface area contributed by atoms with Crippen LogP contribution in [0.2, 0.25) is 0 Å². The predicted octanol–water partition coefficient (Wildman–Crippen LogP) is 10.2. The molecular formula is C54H47N4Si+. The number of benzene rings is 7. The Balaban J connectivity index is 1.26. The number of imidazole rings is 1. The number of aromatic nitrogens is 4. The van der Waals surface area contributed by atoms with Crippen molar-refractivity contribution in [3.05, 3.63) is 206 Å². The molecule has 286 valence electrons. The molecule has 4 nitrogen and oxygen atoms in total. The van der Waals surface area contributed by atoms with Crippen LogP contribution >= 0.6 is 0 Å². The highest BCUT2D eigenvalue weighted by Crippen LogP contribution is 2.34. The lowest BCUT2D eigenvalue weighted by Crippen LogP contribution is -2.74. The summed E-state index contributed by atoms with van der Waals surface area (Å²) in [7, 11) is -2.97. The van der Waals surface area contributed by atoms with Gasteiger partial charge in [0.15, 0.2) is 19.1 Å². The number of hydrogen-bond donors (Lipinski definition) is 0. The van der Waals surface area contributed by atoms with Gasteiger partial charge in [-0.15, -0.1) is 0 Å². The minimum Gasteiger partial charge on any atom is -0.294 e. The summed E-state index contributed by atoms with van der Waals surface area (Å²) in [5.74, 6) is 1.31. The van der Waals surface area contributed by atoms with Crippen LogP contribution in [0.1, 0.15) is 45.2 Å². The van der Waals surface area contributed by atoms with E-state index in [-0.39, 0.29) is 0 Å². The quantitative estimate of drug-likeness (QED) is 0.0814. The Kier molecular flexibility index (Phi) is 9.18. The Morgan fingerprint density at radius 2 is 1.14 bits per heavy atom. The average molecular weight is 780 g/mol. The lowest BCUT2D eigenvalue weighted by atomic mass is 9.93. The van der Waals surface area contributed by atoms with Crippen LogP contribution in [-0.2, 0) is 0 Å². The first-order valence-corrected chi connectivity index (χ1v) is 22.8. The maximum Gasteiger partial charge on any atom is 0.250 e. The van der Waals surface area contributed by atoms with E-state index in [0.29, 0.717) is 12.0 Å². The zero-order chi connectivity index (χ0) is 40.1. The van der Waals surface area contributed by atoms with E-state index >= 15 is 0 Å². The Labute approximate surface area is 347 Å². The summed E-state index contributed by atoms with van der Waals surface area (Å²) in [6, 6.07) is 70.1. The molecule has 0 atom stereocenters. The highest BCUT2D eigenvalue weighted by molar-refractivity contribution is 7.20. The lowest BCUT2D eigenvalue weighted by molar-refractivity contribution is -0.691. The van der Waals surface area contributed by atoms with Crippen molar-refractivity contribution in [3.8, 4) is 22.6 Å². The van der Waals surface area contributed by atoms with E-state index in [1.54, 1.807) is 0 Å². The standard InChI is InChI=1S/C54H47N4Si/c1-38(2)46-24-11-12-25-47(46)40-32-33-55-54(34-40)58-50-27-14-13-26-48(50)49-31-30-45(36-53(49)58)59(42-19-7-5-8-20-42,43-21-9-6-10-22-43)44-23-17-18-41(35-44)57-37-56(39(3)4)51-28-15-16-29-52(51)57/h5-39H,1-4H3/q+1. The van der Waals surface area contributed by atoms with Gasteiger partial charge in [0.05, 0.1) is 17.1 Å². The number of para-hydroxylation sites is 3. The fourth-order valence-electron chi connectivity index (χ4n) is 9.44. The summed E-state index contributed by atoms with van der Waals surface area (Å²) in [5, 5.41) is 7.76. The molecule has 10 aromatic rings. The van der Waals surface area contributed by atoms with Gasteiger partial charge in [-0.25, -0.2) is 9.55 Å². The van der Waals surface area contributed by atoms with E-state index in [1.807, 2.05) is 6.20 Å². The average Bonchev–Trinajstić information content (AvgIpc) is 3.84. The van der Waals surface area contributed by atoms with Crippen molar-refractivity contribution in [2.75, 3.05) is 0 Å². The Bertz CT molecular complexity index is 3080. The van der Waals surface area contributed by atoms with Crippen LogP contribution in [0.25, 0.3) is 55.5 Å². The molecule has 0 spiro atoms. The third-order valence-corrected chi connectivity index (χ3v) is 16.9. The smallest absolute Gasteiger partial charge is 0.250 e. The summed E-state index contributed by atoms with van der Waals surface area (Å²) in [5.41, 5.74) is 9.64. The molecule has 10 rings (SSSR count). The Morgan fingerprint density at radius 3 is 1.88 bits per heavy atom. The van der Waals surface area contributed by atoms with Gasteiger partial charge in [-0.3, -0.25) is 4.57 Å². The van der Waals surface area contributed by atoms with Crippen LogP contribution in [0, 0.1) is 0 Å². The molecule has 0 N–H and O–H groups in total. The van der Waals surface area contributed by atoms with Gasteiger partial charge in [-0.05, 0) is 106 Å². The first-order valence-electron chi connectivity index (χ1n) is 20.8. The summed E-state index contributed by atoms with van der Waals surface area (Å²) < 4.78 is 7.13. The fraction of sp³-hybridized carbons (Fsp3) is 0.111. The molecule has 0 bridgehead atoms. The summed E-state index contributed by atoms with van der Waals surface area (Å²) in [6.07, 6.45) is 4.24. The number of fused-ring (bicyclic) bond motifs is 4.